The van der Waals surface area contributed by atoms with Crippen molar-refractivity contribution in [3.8, 4) is 0 Å². The van der Waals surface area contributed by atoms with Crippen LogP contribution in [0.4, 0.5) is 24.7 Å². The molecule has 10 heteroatoms. The van der Waals surface area contributed by atoms with Gasteiger partial charge < -0.3 is 9.64 Å². The van der Waals surface area contributed by atoms with Crippen molar-refractivity contribution < 1.29 is 22.7 Å². The quantitative estimate of drug-likeness (QED) is 0.730. The average molecular weight is 337 g/mol. The maximum absolute atomic E-state index is 12.8. The van der Waals surface area contributed by atoms with Gasteiger partial charge in [-0.05, 0) is 18.5 Å². The first kappa shape index (κ1) is 15.3. The molecule has 0 aromatic carbocycles. The fourth-order valence-corrected chi connectivity index (χ4v) is 2.87. The molecule has 3 heterocycles. The molecule has 0 N–H and O–H groups in total. The lowest BCUT2D eigenvalue weighted by Gasteiger charge is -2.50. The minimum absolute atomic E-state index is 0.00565. The van der Waals surface area contributed by atoms with E-state index < -0.39 is 24.2 Å². The molecular weight excluding hydrogens is 325 g/mol. The molecule has 1 fully saturated rings. The number of amides is 1. The average Bonchev–Trinajstić information content (AvgIpc) is 2.43. The molecular formula is C12H12ClF3N4O2. The van der Waals surface area contributed by atoms with Crippen LogP contribution >= 0.6 is 11.6 Å². The third-order valence-electron chi connectivity index (χ3n) is 3.75. The molecule has 2 aliphatic rings. The summed E-state index contributed by atoms with van der Waals surface area (Å²) < 4.78 is 43.8. The first-order chi connectivity index (χ1) is 10.2. The van der Waals surface area contributed by atoms with Crippen LogP contribution in [0, 0.1) is 0 Å². The minimum Gasteiger partial charge on any atom is -0.377 e. The summed E-state index contributed by atoms with van der Waals surface area (Å²) in [6.07, 6.45) is -3.40. The number of morpholine rings is 1. The third-order valence-corrected chi connectivity index (χ3v) is 3.93. The fraction of sp³-hybridized carbons (Fsp3) is 0.583. The second-order valence-corrected chi connectivity index (χ2v) is 5.67. The lowest BCUT2D eigenvalue weighted by Crippen LogP contribution is -2.68. The Bertz CT molecular complexity index is 627. The first-order valence-corrected chi connectivity index (χ1v) is 6.87. The first-order valence-electron chi connectivity index (χ1n) is 6.49. The Kier molecular flexibility index (Phi) is 3.44. The molecule has 120 valence electrons. The number of hydrogen-bond acceptors (Lipinski definition) is 5. The number of hydrogen-bond donors (Lipinski definition) is 0. The lowest BCUT2D eigenvalue weighted by atomic mass is 9.94. The van der Waals surface area contributed by atoms with Crippen LogP contribution in [0.25, 0.3) is 0 Å². The molecule has 22 heavy (non-hydrogen) atoms. The van der Waals surface area contributed by atoms with Crippen molar-refractivity contribution in [1.29, 1.82) is 0 Å². The van der Waals surface area contributed by atoms with Gasteiger partial charge in [0.15, 0.2) is 5.82 Å². The summed E-state index contributed by atoms with van der Waals surface area (Å²) in [5, 5.41) is -0.0890. The number of carbonyl (C=O) groups is 1. The number of fused-ring (bicyclic) bond motifs is 3. The highest BCUT2D eigenvalue weighted by Crippen LogP contribution is 2.41. The maximum Gasteiger partial charge on any atom is 0.406 e. The van der Waals surface area contributed by atoms with Crippen molar-refractivity contribution in [1.82, 2.24) is 9.97 Å². The van der Waals surface area contributed by atoms with Gasteiger partial charge >= 0.3 is 6.18 Å². The summed E-state index contributed by atoms with van der Waals surface area (Å²) in [5.74, 6) is -0.474. The van der Waals surface area contributed by atoms with Crippen LogP contribution in [-0.2, 0) is 9.53 Å². The monoisotopic (exact) mass is 336 g/mol. The molecule has 0 aliphatic carbocycles. The van der Waals surface area contributed by atoms with Crippen LogP contribution < -0.4 is 9.80 Å². The summed E-state index contributed by atoms with van der Waals surface area (Å²) in [6, 6.07) is 0. The van der Waals surface area contributed by atoms with Crippen molar-refractivity contribution in [3.63, 3.8) is 0 Å². The van der Waals surface area contributed by atoms with E-state index in [9.17, 15) is 18.0 Å². The van der Waals surface area contributed by atoms with Crippen LogP contribution in [0.3, 0.4) is 0 Å². The zero-order chi connectivity index (χ0) is 16.1. The van der Waals surface area contributed by atoms with E-state index in [1.165, 1.54) is 6.92 Å². The minimum atomic E-state index is -4.54. The van der Waals surface area contributed by atoms with E-state index in [1.807, 2.05) is 0 Å². The van der Waals surface area contributed by atoms with Crippen molar-refractivity contribution in [2.24, 2.45) is 0 Å². The number of aromatic nitrogens is 2. The lowest BCUT2D eigenvalue weighted by molar-refractivity contribution is -0.138. The van der Waals surface area contributed by atoms with E-state index in [1.54, 1.807) is 4.90 Å². The number of nitrogens with zero attached hydrogens (tertiary/aromatic N) is 4. The summed E-state index contributed by atoms with van der Waals surface area (Å²) in [6.45, 7) is 0.803. The van der Waals surface area contributed by atoms with Gasteiger partial charge in [0.1, 0.15) is 17.8 Å². The Balaban J connectivity index is 2.14. The predicted octanol–water partition coefficient (Wildman–Crippen LogP) is 1.63. The highest BCUT2D eigenvalue weighted by atomic mass is 35.5. The molecule has 1 atom stereocenters. The maximum atomic E-state index is 12.8. The van der Waals surface area contributed by atoms with Crippen LogP contribution in [0.15, 0.2) is 6.20 Å². The molecule has 3 rings (SSSR count). The molecule has 1 unspecified atom stereocenters. The van der Waals surface area contributed by atoms with E-state index in [0.717, 1.165) is 6.20 Å². The number of halogens is 4. The Hall–Kier alpha value is -1.61. The zero-order valence-corrected chi connectivity index (χ0v) is 12.3. The normalized spacial score (nSPS) is 25.0. The summed E-state index contributed by atoms with van der Waals surface area (Å²) >= 11 is 5.76. The molecule has 0 saturated carbocycles. The molecule has 2 aliphatic heterocycles. The van der Waals surface area contributed by atoms with Gasteiger partial charge in [-0.1, -0.05) is 0 Å². The smallest absolute Gasteiger partial charge is 0.377 e. The Morgan fingerprint density at radius 3 is 2.91 bits per heavy atom. The van der Waals surface area contributed by atoms with Crippen LogP contribution in [0.2, 0.25) is 5.28 Å². The summed E-state index contributed by atoms with van der Waals surface area (Å²) in [4.78, 5) is 22.6. The van der Waals surface area contributed by atoms with Gasteiger partial charge in [0.25, 0.3) is 5.91 Å². The Morgan fingerprint density at radius 1 is 1.50 bits per heavy atom. The topological polar surface area (TPSA) is 58.6 Å². The number of rotatable bonds is 1. The number of alkyl halides is 3. The van der Waals surface area contributed by atoms with Gasteiger partial charge in [0.2, 0.25) is 5.28 Å². The second kappa shape index (κ2) is 4.95. The summed E-state index contributed by atoms with van der Waals surface area (Å²) in [5.41, 5.74) is -1.24. The number of carbonyl (C=O) groups excluding carboxylic acids is 1. The van der Waals surface area contributed by atoms with Crippen molar-refractivity contribution in [3.05, 3.63) is 11.5 Å². The second-order valence-electron chi connectivity index (χ2n) is 5.33. The number of anilines is 2. The van der Waals surface area contributed by atoms with Crippen molar-refractivity contribution in [2.45, 2.75) is 18.6 Å². The SMILES string of the molecule is CC12COCCN1c1nc(Cl)ncc1N(CC(F)(F)F)C2=O. The van der Waals surface area contributed by atoms with Crippen molar-refractivity contribution >= 4 is 29.0 Å². The highest BCUT2D eigenvalue weighted by molar-refractivity contribution is 6.28. The van der Waals surface area contributed by atoms with E-state index in [-0.39, 0.29) is 23.4 Å². The van der Waals surface area contributed by atoms with Gasteiger partial charge in [-0.2, -0.15) is 18.2 Å². The molecule has 0 spiro atoms. The molecule has 1 saturated heterocycles. The standard InChI is InChI=1S/C12H12ClF3N4O2/c1-11-6-22-3-2-20(11)8-7(4-17-10(13)18-8)19(9(11)21)5-12(14,15)16/h4H,2-3,5-6H2,1H3. The van der Waals surface area contributed by atoms with E-state index in [2.05, 4.69) is 9.97 Å². The molecule has 1 amide bonds. The fourth-order valence-electron chi connectivity index (χ4n) is 2.74. The van der Waals surface area contributed by atoms with E-state index in [4.69, 9.17) is 16.3 Å². The summed E-state index contributed by atoms with van der Waals surface area (Å²) in [7, 11) is 0. The van der Waals surface area contributed by atoms with Gasteiger partial charge in [-0.25, -0.2) is 4.98 Å². The van der Waals surface area contributed by atoms with E-state index in [0.29, 0.717) is 18.1 Å². The van der Waals surface area contributed by atoms with Crippen LogP contribution in [-0.4, -0.2) is 53.9 Å². The molecule has 0 bridgehead atoms. The van der Waals surface area contributed by atoms with Gasteiger partial charge in [0, 0.05) is 6.54 Å². The predicted molar refractivity (Wildman–Crippen MR) is 72.0 cm³/mol. The molecule has 0 radical (unpaired) electrons. The van der Waals surface area contributed by atoms with E-state index >= 15 is 0 Å². The van der Waals surface area contributed by atoms with Crippen LogP contribution in [0.1, 0.15) is 6.92 Å². The zero-order valence-electron chi connectivity index (χ0n) is 11.5. The van der Waals surface area contributed by atoms with Gasteiger partial charge in [-0.3, -0.25) is 9.69 Å². The Morgan fingerprint density at radius 2 is 2.23 bits per heavy atom. The molecule has 1 aromatic rings. The Labute approximate surface area is 128 Å². The van der Waals surface area contributed by atoms with Gasteiger partial charge in [-0.15, -0.1) is 0 Å². The molecule has 1 aromatic heterocycles. The number of ether oxygens (including phenoxy) is 1. The van der Waals surface area contributed by atoms with Gasteiger partial charge in [0.05, 0.1) is 19.4 Å². The van der Waals surface area contributed by atoms with Crippen molar-refractivity contribution in [2.75, 3.05) is 36.1 Å². The van der Waals surface area contributed by atoms with Crippen LogP contribution in [0.5, 0.6) is 0 Å². The largest absolute Gasteiger partial charge is 0.406 e. The third kappa shape index (κ3) is 2.38. The molecule has 6 nitrogen and oxygen atoms in total. The highest BCUT2D eigenvalue weighted by Gasteiger charge is 2.52.